The van der Waals surface area contributed by atoms with Crippen molar-refractivity contribution >= 4 is 16.7 Å². The quantitative estimate of drug-likeness (QED) is 0.651. The van der Waals surface area contributed by atoms with E-state index in [1.165, 1.54) is 21.1 Å². The van der Waals surface area contributed by atoms with Crippen LogP contribution in [-0.2, 0) is 16.0 Å². The van der Waals surface area contributed by atoms with Crippen LogP contribution in [0.5, 0.6) is 23.0 Å². The van der Waals surface area contributed by atoms with E-state index in [-0.39, 0.29) is 17.9 Å². The zero-order chi connectivity index (χ0) is 17.1. The Labute approximate surface area is 134 Å². The summed E-state index contributed by atoms with van der Waals surface area (Å²) in [6, 6.07) is 5.08. The highest BCUT2D eigenvalue weighted by Gasteiger charge is 2.19. The Morgan fingerprint density at radius 2 is 1.83 bits per heavy atom. The van der Waals surface area contributed by atoms with Crippen LogP contribution in [-0.4, -0.2) is 36.5 Å². The molecule has 2 aromatic rings. The van der Waals surface area contributed by atoms with E-state index in [0.717, 1.165) is 0 Å². The molecule has 0 unspecified atom stereocenters. The Bertz CT molecular complexity index is 738. The zero-order valence-corrected chi connectivity index (χ0v) is 13.5. The van der Waals surface area contributed by atoms with E-state index in [1.807, 2.05) is 0 Å². The van der Waals surface area contributed by atoms with Gasteiger partial charge < -0.3 is 24.4 Å². The van der Waals surface area contributed by atoms with Gasteiger partial charge in [-0.1, -0.05) is 0 Å². The molecule has 1 atom stereocenters. The van der Waals surface area contributed by atoms with Gasteiger partial charge in [0.15, 0.2) is 11.5 Å². The van der Waals surface area contributed by atoms with Crippen molar-refractivity contribution in [2.24, 2.45) is 0 Å². The van der Waals surface area contributed by atoms with Crippen LogP contribution in [0.2, 0.25) is 0 Å². The molecule has 0 spiro atoms. The van der Waals surface area contributed by atoms with Crippen molar-refractivity contribution in [3.63, 3.8) is 0 Å². The maximum Gasteiger partial charge on any atom is 0.302 e. The number of ether oxygens (including phenoxy) is 3. The minimum absolute atomic E-state index is 0.250. The van der Waals surface area contributed by atoms with Crippen LogP contribution < -0.4 is 9.47 Å². The largest absolute Gasteiger partial charge is 0.504 e. The van der Waals surface area contributed by atoms with Gasteiger partial charge in [-0.15, -0.1) is 0 Å². The summed E-state index contributed by atoms with van der Waals surface area (Å²) >= 11 is 0. The van der Waals surface area contributed by atoms with Crippen LogP contribution in [0, 0.1) is 0 Å². The molecule has 0 bridgehead atoms. The predicted molar refractivity (Wildman–Crippen MR) is 85.3 cm³/mol. The Kier molecular flexibility index (Phi) is 4.83. The lowest BCUT2D eigenvalue weighted by Gasteiger charge is -2.16. The number of methoxy groups -OCH3 is 2. The Morgan fingerprint density at radius 3 is 2.39 bits per heavy atom. The number of phenolic OH excluding ortho intramolecular Hbond substituents is 2. The molecule has 0 aromatic heterocycles. The first-order valence-corrected chi connectivity index (χ1v) is 7.14. The molecule has 0 amide bonds. The molecule has 6 heteroatoms. The lowest BCUT2D eigenvalue weighted by molar-refractivity contribution is -0.145. The van der Waals surface area contributed by atoms with E-state index in [0.29, 0.717) is 27.8 Å². The van der Waals surface area contributed by atoms with Crippen LogP contribution in [0.25, 0.3) is 10.8 Å². The number of benzene rings is 2. The summed E-state index contributed by atoms with van der Waals surface area (Å²) < 4.78 is 15.5. The van der Waals surface area contributed by atoms with Gasteiger partial charge in [0, 0.05) is 25.0 Å². The molecule has 2 rings (SSSR count). The molecule has 0 heterocycles. The molecule has 0 aliphatic heterocycles. The smallest absolute Gasteiger partial charge is 0.302 e. The summed E-state index contributed by atoms with van der Waals surface area (Å²) in [7, 11) is 3.01. The van der Waals surface area contributed by atoms with Gasteiger partial charge in [-0.25, -0.2) is 0 Å². The average Bonchev–Trinajstić information content (AvgIpc) is 2.50. The third-order valence-electron chi connectivity index (χ3n) is 3.53. The van der Waals surface area contributed by atoms with E-state index in [2.05, 4.69) is 0 Å². The number of hydrogen-bond donors (Lipinski definition) is 2. The molecule has 6 nitrogen and oxygen atoms in total. The van der Waals surface area contributed by atoms with Gasteiger partial charge in [0.25, 0.3) is 0 Å². The lowest BCUT2D eigenvalue weighted by atomic mass is 9.99. The minimum atomic E-state index is -0.428. The normalized spacial score (nSPS) is 12.0. The summed E-state index contributed by atoms with van der Waals surface area (Å²) in [6.45, 7) is 3.04. The van der Waals surface area contributed by atoms with Crippen molar-refractivity contribution in [1.29, 1.82) is 0 Å². The summed E-state index contributed by atoms with van der Waals surface area (Å²) in [5.41, 5.74) is 0.471. The highest BCUT2D eigenvalue weighted by atomic mass is 16.5. The second-order valence-electron chi connectivity index (χ2n) is 5.28. The fourth-order valence-corrected chi connectivity index (χ4v) is 2.57. The van der Waals surface area contributed by atoms with E-state index in [4.69, 9.17) is 14.2 Å². The number of rotatable bonds is 5. The standard InChI is InChI=1S/C17H20O6/c1-9(23-10(2)18)5-12-6-11-7-13(21-3)8-14(22-4)15(11)17(20)16(12)19/h6-9,19-20H,5H2,1-4H3/t9-/m1/s1. The van der Waals surface area contributed by atoms with Gasteiger partial charge in [0.1, 0.15) is 17.6 Å². The van der Waals surface area contributed by atoms with Gasteiger partial charge in [-0.3, -0.25) is 4.79 Å². The van der Waals surface area contributed by atoms with E-state index >= 15 is 0 Å². The summed E-state index contributed by atoms with van der Waals surface area (Å²) in [4.78, 5) is 11.0. The number of carbonyl (C=O) groups is 1. The summed E-state index contributed by atoms with van der Waals surface area (Å²) in [6.07, 6.45) is -0.156. The predicted octanol–water partition coefficient (Wildman–Crippen LogP) is 2.76. The number of hydrogen-bond acceptors (Lipinski definition) is 6. The van der Waals surface area contributed by atoms with E-state index in [9.17, 15) is 15.0 Å². The summed E-state index contributed by atoms with van der Waals surface area (Å²) in [5, 5.41) is 21.6. The average molecular weight is 320 g/mol. The van der Waals surface area contributed by atoms with Crippen LogP contribution >= 0.6 is 0 Å². The van der Waals surface area contributed by atoms with Crippen LogP contribution in [0.3, 0.4) is 0 Å². The molecule has 2 N–H and O–H groups in total. The molecule has 0 aliphatic rings. The van der Waals surface area contributed by atoms with Gasteiger partial charge in [0.2, 0.25) is 0 Å². The topological polar surface area (TPSA) is 85.2 Å². The van der Waals surface area contributed by atoms with Crippen molar-refractivity contribution in [2.45, 2.75) is 26.4 Å². The maximum atomic E-state index is 11.0. The second-order valence-corrected chi connectivity index (χ2v) is 5.28. The molecular formula is C17H20O6. The monoisotopic (exact) mass is 320 g/mol. The van der Waals surface area contributed by atoms with Crippen molar-refractivity contribution in [2.75, 3.05) is 14.2 Å². The van der Waals surface area contributed by atoms with Gasteiger partial charge in [0.05, 0.1) is 19.6 Å². The maximum absolute atomic E-state index is 11.0. The van der Waals surface area contributed by atoms with Crippen LogP contribution in [0.15, 0.2) is 18.2 Å². The van der Waals surface area contributed by atoms with Crippen molar-refractivity contribution in [1.82, 2.24) is 0 Å². The van der Waals surface area contributed by atoms with Crippen molar-refractivity contribution in [3.8, 4) is 23.0 Å². The molecular weight excluding hydrogens is 300 g/mol. The van der Waals surface area contributed by atoms with Crippen LogP contribution in [0.1, 0.15) is 19.4 Å². The molecule has 0 aliphatic carbocycles. The first-order valence-electron chi connectivity index (χ1n) is 7.14. The second kappa shape index (κ2) is 6.64. The number of esters is 1. The molecule has 0 saturated heterocycles. The van der Waals surface area contributed by atoms with E-state index in [1.54, 1.807) is 25.1 Å². The molecule has 0 radical (unpaired) electrons. The van der Waals surface area contributed by atoms with Gasteiger partial charge in [-0.2, -0.15) is 0 Å². The Balaban J connectivity index is 2.56. The molecule has 23 heavy (non-hydrogen) atoms. The Morgan fingerprint density at radius 1 is 1.13 bits per heavy atom. The first kappa shape index (κ1) is 16.7. The van der Waals surface area contributed by atoms with Crippen molar-refractivity contribution in [3.05, 3.63) is 23.8 Å². The molecule has 2 aromatic carbocycles. The minimum Gasteiger partial charge on any atom is -0.504 e. The third-order valence-corrected chi connectivity index (χ3v) is 3.53. The molecule has 0 fully saturated rings. The molecule has 124 valence electrons. The number of aromatic hydroxyl groups is 2. The number of phenols is 2. The number of fused-ring (bicyclic) bond motifs is 1. The Hall–Kier alpha value is -2.63. The van der Waals surface area contributed by atoms with Crippen molar-refractivity contribution < 1.29 is 29.2 Å². The number of carbonyl (C=O) groups excluding carboxylic acids is 1. The SMILES string of the molecule is COc1cc(OC)c2c(O)c(O)c(C[C@@H](C)OC(C)=O)cc2c1. The van der Waals surface area contributed by atoms with Crippen LogP contribution in [0.4, 0.5) is 0 Å². The highest BCUT2D eigenvalue weighted by molar-refractivity contribution is 5.97. The van der Waals surface area contributed by atoms with E-state index < -0.39 is 12.1 Å². The zero-order valence-electron chi connectivity index (χ0n) is 13.5. The third kappa shape index (κ3) is 3.41. The lowest BCUT2D eigenvalue weighted by Crippen LogP contribution is -2.15. The van der Waals surface area contributed by atoms with Gasteiger partial charge in [-0.05, 0) is 24.4 Å². The fourth-order valence-electron chi connectivity index (χ4n) is 2.57. The first-order chi connectivity index (χ1) is 10.9. The molecule has 0 saturated carbocycles. The fraction of sp³-hybridized carbons (Fsp3) is 0.353. The van der Waals surface area contributed by atoms with Gasteiger partial charge >= 0.3 is 5.97 Å². The summed E-state index contributed by atoms with van der Waals surface area (Å²) in [5.74, 6) is 0.0440. The highest BCUT2D eigenvalue weighted by Crippen LogP contribution is 2.44.